The number of rotatable bonds is 4. The van der Waals surface area contributed by atoms with Crippen molar-refractivity contribution < 1.29 is 13.9 Å². The second-order valence-corrected chi connectivity index (χ2v) is 5.67. The number of ether oxygens (including phenoxy) is 1. The Hall–Kier alpha value is -3.08. The van der Waals surface area contributed by atoms with E-state index in [1.807, 2.05) is 60.0 Å². The van der Waals surface area contributed by atoms with Crippen LogP contribution in [0.25, 0.3) is 22.0 Å². The van der Waals surface area contributed by atoms with Gasteiger partial charge in [-0.05, 0) is 36.6 Å². The second kappa shape index (κ2) is 5.85. The maximum absolute atomic E-state index is 12.2. The Morgan fingerprint density at radius 3 is 2.83 bits per heavy atom. The summed E-state index contributed by atoms with van der Waals surface area (Å²) in [5.74, 6) is 0.0837. The molecule has 2 heterocycles. The molecule has 0 amide bonds. The summed E-state index contributed by atoms with van der Waals surface area (Å²) in [6.45, 7) is 2.18. The molecule has 5 heteroatoms. The van der Waals surface area contributed by atoms with E-state index in [1.54, 1.807) is 0 Å². The Morgan fingerprint density at radius 1 is 1.17 bits per heavy atom. The van der Waals surface area contributed by atoms with Crippen LogP contribution in [0.2, 0.25) is 0 Å². The minimum Gasteiger partial charge on any atom is -0.454 e. The van der Waals surface area contributed by atoms with Gasteiger partial charge in [-0.15, -0.1) is 0 Å². The van der Waals surface area contributed by atoms with Crippen LogP contribution in [0.1, 0.15) is 11.6 Å². The summed E-state index contributed by atoms with van der Waals surface area (Å²) in [5.41, 5.74) is 3.50. The van der Waals surface area contributed by atoms with E-state index in [-0.39, 0.29) is 19.1 Å². The Bertz CT molecular complexity index is 996. The molecule has 0 spiro atoms. The number of aryl methyl sites for hydroxylation is 1. The fourth-order valence-corrected chi connectivity index (χ4v) is 2.86. The topological polar surface area (TPSA) is 57.3 Å². The lowest BCUT2D eigenvalue weighted by Crippen LogP contribution is -2.14. The van der Waals surface area contributed by atoms with Crippen molar-refractivity contribution in [3.8, 4) is 0 Å². The largest absolute Gasteiger partial charge is 0.454 e. The van der Waals surface area contributed by atoms with Crippen LogP contribution in [0.15, 0.2) is 59.0 Å². The monoisotopic (exact) mass is 320 g/mol. The Labute approximate surface area is 138 Å². The summed E-state index contributed by atoms with van der Waals surface area (Å²) in [4.78, 5) is 16.5. The van der Waals surface area contributed by atoms with Gasteiger partial charge in [0.15, 0.2) is 12.2 Å². The Morgan fingerprint density at radius 2 is 1.96 bits per heavy atom. The first-order valence-corrected chi connectivity index (χ1v) is 7.75. The molecule has 4 rings (SSSR count). The standard InChI is InChI=1S/C19H16N2O3/c1-13-10-14-6-2-4-8-16(14)21(13)11-19(22)23-12-18-20-15-7-3-5-9-17(15)24-18/h2-10H,11-12H2,1H3. The lowest BCUT2D eigenvalue weighted by molar-refractivity contribution is -0.146. The predicted molar refractivity (Wildman–Crippen MR) is 90.5 cm³/mol. The Balaban J connectivity index is 1.47. The zero-order valence-corrected chi connectivity index (χ0v) is 13.2. The fraction of sp³-hybridized carbons (Fsp3) is 0.158. The third-order valence-electron chi connectivity index (χ3n) is 4.00. The van der Waals surface area contributed by atoms with Crippen molar-refractivity contribution in [2.45, 2.75) is 20.1 Å². The third-order valence-corrected chi connectivity index (χ3v) is 4.00. The van der Waals surface area contributed by atoms with Crippen molar-refractivity contribution in [2.24, 2.45) is 0 Å². The number of nitrogens with zero attached hydrogens (tertiary/aromatic N) is 2. The summed E-state index contributed by atoms with van der Waals surface area (Å²) in [7, 11) is 0. The highest BCUT2D eigenvalue weighted by Crippen LogP contribution is 2.19. The third kappa shape index (κ3) is 2.65. The number of fused-ring (bicyclic) bond motifs is 2. The zero-order valence-electron chi connectivity index (χ0n) is 13.2. The number of aromatic nitrogens is 2. The van der Waals surface area contributed by atoms with Gasteiger partial charge >= 0.3 is 5.97 Å². The van der Waals surface area contributed by atoms with E-state index in [2.05, 4.69) is 11.1 Å². The predicted octanol–water partition coefficient (Wildman–Crippen LogP) is 3.83. The van der Waals surface area contributed by atoms with E-state index in [1.165, 1.54) is 0 Å². The van der Waals surface area contributed by atoms with Gasteiger partial charge in [-0.2, -0.15) is 0 Å². The van der Waals surface area contributed by atoms with Crippen LogP contribution in [0, 0.1) is 6.92 Å². The van der Waals surface area contributed by atoms with E-state index in [9.17, 15) is 4.79 Å². The molecule has 0 atom stereocenters. The van der Waals surface area contributed by atoms with Gasteiger partial charge in [-0.3, -0.25) is 4.79 Å². The van der Waals surface area contributed by atoms with Gasteiger partial charge in [0.25, 0.3) is 0 Å². The molecule has 2 aromatic heterocycles. The number of carbonyl (C=O) groups is 1. The Kier molecular flexibility index (Phi) is 3.54. The van der Waals surface area contributed by atoms with Gasteiger partial charge in [-0.1, -0.05) is 30.3 Å². The van der Waals surface area contributed by atoms with Crippen LogP contribution in [-0.2, 0) is 22.7 Å². The number of benzene rings is 2. The van der Waals surface area contributed by atoms with Gasteiger partial charge < -0.3 is 13.7 Å². The van der Waals surface area contributed by atoms with Crippen LogP contribution < -0.4 is 0 Å². The highest BCUT2D eigenvalue weighted by atomic mass is 16.5. The van der Waals surface area contributed by atoms with Crippen molar-refractivity contribution in [1.29, 1.82) is 0 Å². The van der Waals surface area contributed by atoms with Gasteiger partial charge in [0.2, 0.25) is 5.89 Å². The van der Waals surface area contributed by atoms with Crippen molar-refractivity contribution in [1.82, 2.24) is 9.55 Å². The molecule has 0 bridgehead atoms. The first-order chi connectivity index (χ1) is 11.7. The maximum atomic E-state index is 12.2. The lowest BCUT2D eigenvalue weighted by atomic mass is 10.2. The molecule has 0 N–H and O–H groups in total. The van der Waals surface area contributed by atoms with Crippen LogP contribution in [0.3, 0.4) is 0 Å². The SMILES string of the molecule is Cc1cc2ccccc2n1CC(=O)OCc1nc2ccccc2o1. The van der Waals surface area contributed by atoms with Gasteiger partial charge in [0, 0.05) is 11.2 Å². The van der Waals surface area contributed by atoms with Crippen LogP contribution in [0.4, 0.5) is 0 Å². The summed E-state index contributed by atoms with van der Waals surface area (Å²) in [6.07, 6.45) is 0. The molecule has 24 heavy (non-hydrogen) atoms. The molecule has 0 aliphatic rings. The van der Waals surface area contributed by atoms with Crippen LogP contribution in [-0.4, -0.2) is 15.5 Å². The highest BCUT2D eigenvalue weighted by molar-refractivity contribution is 5.83. The second-order valence-electron chi connectivity index (χ2n) is 5.67. The minimum absolute atomic E-state index is 0.0335. The van der Waals surface area contributed by atoms with Crippen molar-refractivity contribution in [3.05, 3.63) is 66.2 Å². The molecule has 120 valence electrons. The number of hydrogen-bond donors (Lipinski definition) is 0. The summed E-state index contributed by atoms with van der Waals surface area (Å²) in [5, 5.41) is 1.11. The normalized spacial score (nSPS) is 11.2. The summed E-state index contributed by atoms with van der Waals surface area (Å²) >= 11 is 0. The molecule has 0 aliphatic carbocycles. The zero-order chi connectivity index (χ0) is 16.5. The maximum Gasteiger partial charge on any atom is 0.326 e. The quantitative estimate of drug-likeness (QED) is 0.536. The van der Waals surface area contributed by atoms with Crippen LogP contribution >= 0.6 is 0 Å². The summed E-state index contributed by atoms with van der Waals surface area (Å²) in [6, 6.07) is 17.5. The van der Waals surface area contributed by atoms with E-state index in [4.69, 9.17) is 9.15 Å². The van der Waals surface area contributed by atoms with Crippen molar-refractivity contribution in [2.75, 3.05) is 0 Å². The molecule has 5 nitrogen and oxygen atoms in total. The average Bonchev–Trinajstić information content (AvgIpc) is 3.14. The van der Waals surface area contributed by atoms with E-state index in [0.29, 0.717) is 11.5 Å². The van der Waals surface area contributed by atoms with E-state index in [0.717, 1.165) is 22.1 Å². The molecule has 0 saturated carbocycles. The van der Waals surface area contributed by atoms with Gasteiger partial charge in [-0.25, -0.2) is 4.98 Å². The molecule has 0 saturated heterocycles. The van der Waals surface area contributed by atoms with Crippen molar-refractivity contribution in [3.63, 3.8) is 0 Å². The van der Waals surface area contributed by atoms with Crippen LogP contribution in [0.5, 0.6) is 0 Å². The molecule has 0 aliphatic heterocycles. The number of para-hydroxylation sites is 3. The average molecular weight is 320 g/mol. The number of oxazole rings is 1. The summed E-state index contributed by atoms with van der Waals surface area (Å²) < 4.78 is 12.8. The van der Waals surface area contributed by atoms with Gasteiger partial charge in [0.05, 0.1) is 0 Å². The molecular weight excluding hydrogens is 304 g/mol. The first kappa shape index (κ1) is 14.5. The molecule has 0 unspecified atom stereocenters. The molecule has 0 fully saturated rings. The molecular formula is C19H16N2O3. The number of esters is 1. The smallest absolute Gasteiger partial charge is 0.326 e. The fourth-order valence-electron chi connectivity index (χ4n) is 2.86. The van der Waals surface area contributed by atoms with E-state index >= 15 is 0 Å². The van der Waals surface area contributed by atoms with Gasteiger partial charge in [0.1, 0.15) is 12.1 Å². The van der Waals surface area contributed by atoms with E-state index < -0.39 is 0 Å². The molecule has 0 radical (unpaired) electrons. The van der Waals surface area contributed by atoms with Crippen molar-refractivity contribution >= 4 is 28.0 Å². The molecule has 2 aromatic carbocycles. The number of hydrogen-bond acceptors (Lipinski definition) is 4. The molecule has 4 aromatic rings. The minimum atomic E-state index is -0.318. The number of carbonyl (C=O) groups excluding carboxylic acids is 1. The highest BCUT2D eigenvalue weighted by Gasteiger charge is 2.12. The first-order valence-electron chi connectivity index (χ1n) is 7.75. The lowest BCUT2D eigenvalue weighted by Gasteiger charge is -2.07.